The predicted molar refractivity (Wildman–Crippen MR) is 241 cm³/mol. The first-order valence-electron chi connectivity index (χ1n) is 23.6. The van der Waals surface area contributed by atoms with Crippen LogP contribution >= 0.6 is 0 Å². The number of benzene rings is 2. The van der Waals surface area contributed by atoms with Gasteiger partial charge in [0.15, 0.2) is 0 Å². The van der Waals surface area contributed by atoms with E-state index in [1.54, 1.807) is 16.0 Å². The molecule has 2 aliphatic heterocycles. The zero-order chi connectivity index (χ0) is 44.7. The number of aliphatic hydroxyl groups is 1. The second-order valence-corrected chi connectivity index (χ2v) is 18.5. The van der Waals surface area contributed by atoms with Crippen molar-refractivity contribution in [3.63, 3.8) is 0 Å². The topological polar surface area (TPSA) is 174 Å². The smallest absolute Gasteiger partial charge is 0.329 e. The van der Waals surface area contributed by atoms with E-state index in [9.17, 15) is 29.1 Å². The van der Waals surface area contributed by atoms with Crippen LogP contribution in [0.3, 0.4) is 0 Å². The molecule has 6 rings (SSSR count). The van der Waals surface area contributed by atoms with E-state index in [0.29, 0.717) is 75.1 Å². The number of imidazole rings is 1. The predicted octanol–water partition coefficient (Wildman–Crippen LogP) is 6.30. The van der Waals surface area contributed by atoms with Crippen molar-refractivity contribution in [2.75, 3.05) is 13.1 Å². The Balaban J connectivity index is 1.17. The first kappa shape index (κ1) is 47.4. The highest BCUT2D eigenvalue weighted by Crippen LogP contribution is 2.31. The Morgan fingerprint density at radius 1 is 0.810 bits per heavy atom. The summed E-state index contributed by atoms with van der Waals surface area (Å²) in [6.07, 6.45) is 12.6. The molecule has 3 heterocycles. The van der Waals surface area contributed by atoms with Gasteiger partial charge in [-0.15, -0.1) is 0 Å². The van der Waals surface area contributed by atoms with Gasteiger partial charge in [-0.25, -0.2) is 9.78 Å². The number of esters is 1. The summed E-state index contributed by atoms with van der Waals surface area (Å²) in [7, 11) is 0. The number of carbonyl (C=O) groups excluding carboxylic acids is 5. The van der Waals surface area contributed by atoms with Gasteiger partial charge in [0, 0.05) is 32.1 Å². The average Bonchev–Trinajstić information content (AvgIpc) is 4.11. The maximum atomic E-state index is 14.6. The highest BCUT2D eigenvalue weighted by molar-refractivity contribution is 5.94. The molecule has 342 valence electrons. The molecule has 3 aliphatic rings. The van der Waals surface area contributed by atoms with Crippen LogP contribution in [-0.4, -0.2) is 97.8 Å². The van der Waals surface area contributed by atoms with Crippen LogP contribution < -0.4 is 10.6 Å². The lowest BCUT2D eigenvalue weighted by Crippen LogP contribution is -2.55. The number of aromatic nitrogens is 2. The molecule has 3 aromatic rings. The number of nitrogens with one attached hydrogen (secondary N) is 3. The Morgan fingerprint density at radius 3 is 2.13 bits per heavy atom. The lowest BCUT2D eigenvalue weighted by atomic mass is 9.80. The number of aliphatic hydroxyl groups excluding tert-OH is 1. The molecule has 2 aromatic carbocycles. The maximum absolute atomic E-state index is 14.6. The molecule has 1 aliphatic carbocycles. The fourth-order valence-corrected chi connectivity index (χ4v) is 9.97. The molecule has 0 radical (unpaired) electrons. The van der Waals surface area contributed by atoms with Crippen molar-refractivity contribution in [2.24, 2.45) is 23.7 Å². The number of nitrogens with zero attached hydrogens (tertiary/aromatic N) is 3. The quantitative estimate of drug-likeness (QED) is 0.0904. The third-order valence-corrected chi connectivity index (χ3v) is 13.7. The highest BCUT2D eigenvalue weighted by atomic mass is 16.5. The summed E-state index contributed by atoms with van der Waals surface area (Å²) in [6, 6.07) is 15.9. The molecule has 1 aromatic heterocycles. The van der Waals surface area contributed by atoms with Gasteiger partial charge in [-0.3, -0.25) is 19.2 Å². The number of carbonyl (C=O) groups is 5. The molecule has 0 bridgehead atoms. The number of hydrogen-bond donors (Lipinski definition) is 4. The molecule has 1 unspecified atom stereocenters. The molecule has 13 heteroatoms. The summed E-state index contributed by atoms with van der Waals surface area (Å²) >= 11 is 0. The number of rotatable bonds is 21. The van der Waals surface area contributed by atoms with Gasteiger partial charge in [-0.2, -0.15) is 0 Å². The molecule has 0 spiro atoms. The van der Waals surface area contributed by atoms with Crippen molar-refractivity contribution < 1.29 is 33.8 Å². The van der Waals surface area contributed by atoms with E-state index in [0.717, 1.165) is 43.2 Å². The van der Waals surface area contributed by atoms with Crippen LogP contribution in [0.2, 0.25) is 0 Å². The molecule has 4 amide bonds. The standard InChI is InChI=1S/C50H70N6O7/c1-4-38(34(2)3)28-45(57)41(27-36-18-10-6-11-19-36)53-48(60)42(30-40-31-51-33-52-40)54-47(59)39(26-35-16-8-5-9-17-35)29-46(58)55-24-14-22-43(55)49(61)56-25-15-23-44(56)50(62)63-32-37-20-12-7-13-21-37/h5,7-9,12-13,16-17,20-21,31,33-34,36,38-39,41-45,57H,4,6,10-11,14-15,18-19,22-30,32H2,1-3H3,(H,51,52)(H,53,60)(H,54,59)/t38-,39?,41-,42-,43+,44-,45-/m0/s1. The Kier molecular flexibility index (Phi) is 17.8. The van der Waals surface area contributed by atoms with Crippen LogP contribution in [0.5, 0.6) is 0 Å². The molecule has 63 heavy (non-hydrogen) atoms. The van der Waals surface area contributed by atoms with Gasteiger partial charge in [-0.05, 0) is 73.8 Å². The molecule has 13 nitrogen and oxygen atoms in total. The van der Waals surface area contributed by atoms with E-state index < -0.39 is 54.0 Å². The summed E-state index contributed by atoms with van der Waals surface area (Å²) < 4.78 is 5.64. The van der Waals surface area contributed by atoms with Gasteiger partial charge in [0.1, 0.15) is 24.7 Å². The summed E-state index contributed by atoms with van der Waals surface area (Å²) in [5.41, 5.74) is 2.30. The third-order valence-electron chi connectivity index (χ3n) is 13.7. The SMILES string of the molecule is CC[C@@H](C[C@H](O)[C@H](CC1CCCCC1)NC(=O)[C@H](Cc1c[nH]cn1)NC(=O)C(CC(=O)N1CCC[C@@H]1C(=O)N1CCC[C@H]1C(=O)OCc1ccccc1)Cc1ccccc1)C(C)C. The minimum Gasteiger partial charge on any atom is -0.459 e. The van der Waals surface area contributed by atoms with E-state index >= 15 is 0 Å². The van der Waals surface area contributed by atoms with Crippen molar-refractivity contribution in [2.45, 2.75) is 154 Å². The van der Waals surface area contributed by atoms with Gasteiger partial charge in [0.2, 0.25) is 23.6 Å². The van der Waals surface area contributed by atoms with Crippen LogP contribution in [0.4, 0.5) is 0 Å². The van der Waals surface area contributed by atoms with Crippen LogP contribution in [0.15, 0.2) is 73.2 Å². The molecular weight excluding hydrogens is 797 g/mol. The summed E-state index contributed by atoms with van der Waals surface area (Å²) in [5.74, 6) is -1.71. The maximum Gasteiger partial charge on any atom is 0.329 e. The number of ether oxygens (including phenoxy) is 1. The summed E-state index contributed by atoms with van der Waals surface area (Å²) in [5, 5.41) is 18.0. The lowest BCUT2D eigenvalue weighted by Gasteiger charge is -2.33. The highest BCUT2D eigenvalue weighted by Gasteiger charge is 2.43. The zero-order valence-electron chi connectivity index (χ0n) is 37.6. The normalized spacial score (nSPS) is 20.5. The van der Waals surface area contributed by atoms with Crippen LogP contribution in [0.1, 0.15) is 121 Å². The van der Waals surface area contributed by atoms with Crippen molar-refractivity contribution in [1.82, 2.24) is 30.4 Å². The zero-order valence-corrected chi connectivity index (χ0v) is 37.6. The van der Waals surface area contributed by atoms with Crippen molar-refractivity contribution in [1.29, 1.82) is 0 Å². The third kappa shape index (κ3) is 13.5. The molecule has 3 fully saturated rings. The Labute approximate surface area is 373 Å². The minimum absolute atomic E-state index is 0.108. The van der Waals surface area contributed by atoms with Crippen LogP contribution in [-0.2, 0) is 48.2 Å². The van der Waals surface area contributed by atoms with E-state index in [2.05, 4.69) is 41.4 Å². The van der Waals surface area contributed by atoms with Gasteiger partial charge in [0.25, 0.3) is 0 Å². The van der Waals surface area contributed by atoms with Gasteiger partial charge < -0.3 is 35.3 Å². The number of hydrogen-bond acceptors (Lipinski definition) is 8. The monoisotopic (exact) mass is 867 g/mol. The van der Waals surface area contributed by atoms with Crippen LogP contribution in [0.25, 0.3) is 0 Å². The van der Waals surface area contributed by atoms with Crippen molar-refractivity contribution in [3.8, 4) is 0 Å². The largest absolute Gasteiger partial charge is 0.459 e. The van der Waals surface area contributed by atoms with E-state index in [1.807, 2.05) is 60.7 Å². The van der Waals surface area contributed by atoms with E-state index in [-0.39, 0.29) is 37.7 Å². The summed E-state index contributed by atoms with van der Waals surface area (Å²) in [4.78, 5) is 81.3. The number of H-pyrrole nitrogens is 1. The minimum atomic E-state index is -1.03. The summed E-state index contributed by atoms with van der Waals surface area (Å²) in [6.45, 7) is 7.34. The number of aromatic amines is 1. The fraction of sp³-hybridized carbons (Fsp3) is 0.600. The van der Waals surface area contributed by atoms with Gasteiger partial charge in [-0.1, -0.05) is 120 Å². The van der Waals surface area contributed by atoms with Gasteiger partial charge >= 0.3 is 5.97 Å². The molecular formula is C50H70N6O7. The Bertz CT molecular complexity index is 1900. The molecule has 2 saturated heterocycles. The fourth-order valence-electron chi connectivity index (χ4n) is 9.97. The Hall–Kier alpha value is -5.04. The van der Waals surface area contributed by atoms with E-state index in [4.69, 9.17) is 4.74 Å². The van der Waals surface area contributed by atoms with E-state index in [1.165, 1.54) is 12.7 Å². The Morgan fingerprint density at radius 2 is 1.48 bits per heavy atom. The van der Waals surface area contributed by atoms with Crippen molar-refractivity contribution >= 4 is 29.6 Å². The molecule has 4 N–H and O–H groups in total. The van der Waals surface area contributed by atoms with Crippen LogP contribution in [0, 0.1) is 23.7 Å². The number of amides is 4. The number of likely N-dealkylation sites (tertiary alicyclic amines) is 2. The molecule has 1 saturated carbocycles. The first-order valence-corrected chi connectivity index (χ1v) is 23.6. The second-order valence-electron chi connectivity index (χ2n) is 18.5. The van der Waals surface area contributed by atoms with Gasteiger partial charge in [0.05, 0.1) is 30.1 Å². The van der Waals surface area contributed by atoms with Crippen molar-refractivity contribution in [3.05, 3.63) is 90.0 Å². The average molecular weight is 867 g/mol. The second kappa shape index (κ2) is 23.6. The lowest BCUT2D eigenvalue weighted by molar-refractivity contribution is -0.156. The first-order chi connectivity index (χ1) is 30.5. The molecule has 7 atom stereocenters.